The number of hydrogen-bond donors (Lipinski definition) is 1. The van der Waals surface area contributed by atoms with Gasteiger partial charge in [-0.05, 0) is 50.2 Å². The lowest BCUT2D eigenvalue weighted by Gasteiger charge is -2.08. The van der Waals surface area contributed by atoms with Gasteiger partial charge < -0.3 is 0 Å². The fourth-order valence-electron chi connectivity index (χ4n) is 2.54. The van der Waals surface area contributed by atoms with Crippen LogP contribution in [0, 0.1) is 10.1 Å². The molecule has 1 heterocycles. The van der Waals surface area contributed by atoms with Crippen molar-refractivity contribution in [3.63, 3.8) is 0 Å². The van der Waals surface area contributed by atoms with Gasteiger partial charge in [-0.15, -0.1) is 0 Å². The van der Waals surface area contributed by atoms with E-state index in [9.17, 15) is 31.7 Å². The Morgan fingerprint density at radius 2 is 1.56 bits per heavy atom. The number of anilines is 1. The molecule has 1 aromatic heterocycles. The highest BCUT2D eigenvalue weighted by molar-refractivity contribution is 7.93. The zero-order valence-corrected chi connectivity index (χ0v) is 19.2. The SMILES string of the molecule is CC(C)S(=O)(=O)c1ccc(C(=O)Nc2ncc(S(=O)(=O)c3ccc([N+](=O)[O-])cc3)s2)cc1. The molecule has 0 saturated carbocycles. The summed E-state index contributed by atoms with van der Waals surface area (Å²) in [6, 6.07) is 9.78. The van der Waals surface area contributed by atoms with Crippen molar-refractivity contribution in [3.8, 4) is 0 Å². The zero-order chi connectivity index (χ0) is 23.7. The van der Waals surface area contributed by atoms with Crippen molar-refractivity contribution in [2.75, 3.05) is 5.32 Å². The highest BCUT2D eigenvalue weighted by Crippen LogP contribution is 2.29. The van der Waals surface area contributed by atoms with Crippen molar-refractivity contribution in [2.24, 2.45) is 0 Å². The summed E-state index contributed by atoms with van der Waals surface area (Å²) in [5.41, 5.74) is -0.0731. The Morgan fingerprint density at radius 3 is 2.09 bits per heavy atom. The van der Waals surface area contributed by atoms with Crippen molar-refractivity contribution in [1.29, 1.82) is 0 Å². The quantitative estimate of drug-likeness (QED) is 0.387. The summed E-state index contributed by atoms with van der Waals surface area (Å²) >= 11 is 0.719. The Balaban J connectivity index is 1.77. The number of nitrogens with one attached hydrogen (secondary N) is 1. The molecule has 0 aliphatic rings. The number of rotatable bonds is 7. The summed E-state index contributed by atoms with van der Waals surface area (Å²) in [4.78, 5) is 26.4. The maximum absolute atomic E-state index is 12.7. The first-order valence-corrected chi connectivity index (χ1v) is 12.9. The topological polar surface area (TPSA) is 153 Å². The number of amides is 1. The number of nitro groups is 1. The van der Waals surface area contributed by atoms with Crippen LogP contribution in [0.2, 0.25) is 0 Å². The monoisotopic (exact) mass is 495 g/mol. The number of sulfone groups is 2. The summed E-state index contributed by atoms with van der Waals surface area (Å²) in [5, 5.41) is 12.6. The van der Waals surface area contributed by atoms with E-state index in [1.807, 2.05) is 0 Å². The Labute approximate surface area is 187 Å². The smallest absolute Gasteiger partial charge is 0.269 e. The van der Waals surface area contributed by atoms with Crippen LogP contribution in [-0.2, 0) is 19.7 Å². The summed E-state index contributed by atoms with van der Waals surface area (Å²) in [7, 11) is -7.45. The number of benzene rings is 2. The molecule has 32 heavy (non-hydrogen) atoms. The van der Waals surface area contributed by atoms with Crippen LogP contribution in [0.3, 0.4) is 0 Å². The van der Waals surface area contributed by atoms with Gasteiger partial charge in [-0.25, -0.2) is 21.8 Å². The molecule has 0 spiro atoms. The second kappa shape index (κ2) is 8.76. The van der Waals surface area contributed by atoms with Crippen LogP contribution >= 0.6 is 11.3 Å². The summed E-state index contributed by atoms with van der Waals surface area (Å²) in [5.74, 6) is -0.591. The Hall–Kier alpha value is -3.16. The van der Waals surface area contributed by atoms with E-state index in [-0.39, 0.29) is 30.4 Å². The van der Waals surface area contributed by atoms with Crippen LogP contribution in [0.15, 0.2) is 68.7 Å². The Bertz CT molecular complexity index is 1380. The third kappa shape index (κ3) is 4.69. The number of non-ortho nitro benzene ring substituents is 1. The predicted molar refractivity (Wildman–Crippen MR) is 117 cm³/mol. The number of nitro benzene ring substituents is 1. The van der Waals surface area contributed by atoms with E-state index in [1.165, 1.54) is 24.3 Å². The number of aromatic nitrogens is 1. The second-order valence-electron chi connectivity index (χ2n) is 6.81. The highest BCUT2D eigenvalue weighted by atomic mass is 32.2. The van der Waals surface area contributed by atoms with E-state index in [0.717, 1.165) is 41.8 Å². The lowest BCUT2D eigenvalue weighted by atomic mass is 10.2. The lowest BCUT2D eigenvalue weighted by Crippen LogP contribution is -2.15. The molecule has 2 aromatic carbocycles. The average molecular weight is 496 g/mol. The van der Waals surface area contributed by atoms with Crippen molar-refractivity contribution in [2.45, 2.75) is 33.1 Å². The first-order chi connectivity index (χ1) is 14.9. The summed E-state index contributed by atoms with van der Waals surface area (Å²) in [6.07, 6.45) is 1.08. The standard InChI is InChI=1S/C19H17N3O7S3/c1-12(2)31(26,27)15-7-3-13(4-8-15)18(23)21-19-20-11-17(30-19)32(28,29)16-9-5-14(6-10-16)22(24)25/h3-12H,1-2H3,(H,20,21,23). The third-order valence-corrected chi connectivity index (χ3v) is 9.71. The first-order valence-electron chi connectivity index (χ1n) is 9.03. The van der Waals surface area contributed by atoms with Crippen LogP contribution in [0.4, 0.5) is 10.8 Å². The third-order valence-electron chi connectivity index (χ3n) is 4.39. The molecule has 3 aromatic rings. The molecule has 0 atom stereocenters. The van der Waals surface area contributed by atoms with Crippen LogP contribution < -0.4 is 5.32 Å². The van der Waals surface area contributed by atoms with Crippen molar-refractivity contribution in [1.82, 2.24) is 4.98 Å². The van der Waals surface area contributed by atoms with Gasteiger partial charge in [-0.3, -0.25) is 20.2 Å². The van der Waals surface area contributed by atoms with Crippen LogP contribution in [0.5, 0.6) is 0 Å². The molecular formula is C19H17N3O7S3. The maximum atomic E-state index is 12.7. The minimum Gasteiger partial charge on any atom is -0.298 e. The predicted octanol–water partition coefficient (Wildman–Crippen LogP) is 3.32. The highest BCUT2D eigenvalue weighted by Gasteiger charge is 2.23. The van der Waals surface area contributed by atoms with Gasteiger partial charge in [0, 0.05) is 17.7 Å². The number of hydrogen-bond acceptors (Lipinski definition) is 9. The molecule has 0 unspecified atom stereocenters. The lowest BCUT2D eigenvalue weighted by molar-refractivity contribution is -0.384. The summed E-state index contributed by atoms with van der Waals surface area (Å²) < 4.78 is 49.6. The molecule has 0 bridgehead atoms. The minimum atomic E-state index is -3.98. The average Bonchev–Trinajstić information content (AvgIpc) is 3.23. The maximum Gasteiger partial charge on any atom is 0.269 e. The largest absolute Gasteiger partial charge is 0.298 e. The summed E-state index contributed by atoms with van der Waals surface area (Å²) in [6.45, 7) is 3.11. The molecule has 3 rings (SSSR count). The van der Waals surface area contributed by atoms with Crippen molar-refractivity contribution >= 4 is 47.7 Å². The number of carbonyl (C=O) groups is 1. The van der Waals surface area contributed by atoms with E-state index >= 15 is 0 Å². The van der Waals surface area contributed by atoms with Gasteiger partial charge >= 0.3 is 0 Å². The van der Waals surface area contributed by atoms with Gasteiger partial charge in [0.15, 0.2) is 15.0 Å². The number of nitrogens with zero attached hydrogens (tertiary/aromatic N) is 2. The van der Waals surface area contributed by atoms with Crippen LogP contribution in [0.25, 0.3) is 0 Å². The van der Waals surface area contributed by atoms with Gasteiger partial charge in [0.1, 0.15) is 4.21 Å². The second-order valence-corrected chi connectivity index (χ2v) is 12.5. The number of carbonyl (C=O) groups excluding carboxylic acids is 1. The fourth-order valence-corrected chi connectivity index (χ4v) is 6.03. The molecule has 0 radical (unpaired) electrons. The normalized spacial score (nSPS) is 12.0. The van der Waals surface area contributed by atoms with E-state index < -0.39 is 35.8 Å². The van der Waals surface area contributed by atoms with Crippen LogP contribution in [-0.4, -0.2) is 37.9 Å². The molecule has 0 aliphatic carbocycles. The van der Waals surface area contributed by atoms with E-state index in [2.05, 4.69) is 10.3 Å². The first kappa shape index (κ1) is 23.5. The zero-order valence-electron chi connectivity index (χ0n) is 16.8. The van der Waals surface area contributed by atoms with Gasteiger partial charge in [-0.2, -0.15) is 0 Å². The molecule has 0 saturated heterocycles. The molecule has 1 amide bonds. The molecule has 13 heteroatoms. The molecular weight excluding hydrogens is 478 g/mol. The van der Waals surface area contributed by atoms with Gasteiger partial charge in [0.2, 0.25) is 9.84 Å². The van der Waals surface area contributed by atoms with Gasteiger partial charge in [-0.1, -0.05) is 11.3 Å². The van der Waals surface area contributed by atoms with Gasteiger partial charge in [0.05, 0.1) is 26.2 Å². The van der Waals surface area contributed by atoms with E-state index in [0.29, 0.717) is 0 Å². The van der Waals surface area contributed by atoms with Crippen LogP contribution in [0.1, 0.15) is 24.2 Å². The van der Waals surface area contributed by atoms with E-state index in [4.69, 9.17) is 0 Å². The molecule has 10 nitrogen and oxygen atoms in total. The molecule has 0 aliphatic heterocycles. The Kier molecular flexibility index (Phi) is 6.44. The fraction of sp³-hybridized carbons (Fsp3) is 0.158. The minimum absolute atomic E-state index is 0.0226. The molecule has 168 valence electrons. The Morgan fingerprint density at radius 1 is 1.00 bits per heavy atom. The van der Waals surface area contributed by atoms with Crippen molar-refractivity contribution in [3.05, 3.63) is 70.4 Å². The number of thiazole rings is 1. The van der Waals surface area contributed by atoms with Gasteiger partial charge in [0.25, 0.3) is 11.6 Å². The molecule has 0 fully saturated rings. The molecule has 1 N–H and O–H groups in total. The van der Waals surface area contributed by atoms with E-state index in [1.54, 1.807) is 13.8 Å². The van der Waals surface area contributed by atoms with Crippen molar-refractivity contribution < 1.29 is 26.6 Å².